The van der Waals surface area contributed by atoms with Crippen molar-refractivity contribution in [3.63, 3.8) is 0 Å². The van der Waals surface area contributed by atoms with Gasteiger partial charge in [0.05, 0.1) is 38.4 Å². The molecule has 0 aromatic heterocycles. The van der Waals surface area contributed by atoms with Crippen LogP contribution in [0.3, 0.4) is 0 Å². The second-order valence-electron chi connectivity index (χ2n) is 9.21. The molecule has 1 amide bonds. The van der Waals surface area contributed by atoms with E-state index in [-0.39, 0.29) is 5.91 Å². The highest BCUT2D eigenvalue weighted by Gasteiger charge is 2.30. The Morgan fingerprint density at radius 3 is 2.08 bits per heavy atom. The monoisotopic (exact) mass is 569 g/mol. The molecule has 0 unspecified atom stereocenters. The topological polar surface area (TPSA) is 78.9 Å². The zero-order valence-corrected chi connectivity index (χ0v) is 23.6. The fraction of sp³-hybridized carbons (Fsp3) is 0.286. The Morgan fingerprint density at radius 1 is 0.846 bits per heavy atom. The molecule has 0 radical (unpaired) electrons. The van der Waals surface area contributed by atoms with Crippen molar-refractivity contribution in [1.82, 2.24) is 15.2 Å². The lowest BCUT2D eigenvalue weighted by Gasteiger charge is -2.35. The minimum atomic E-state index is -0.390. The number of hydrogen-bond acceptors (Lipinski definition) is 8. The molecule has 1 fully saturated rings. The lowest BCUT2D eigenvalue weighted by atomic mass is 10.1. The third kappa shape index (κ3) is 5.30. The Morgan fingerprint density at radius 2 is 1.46 bits per heavy atom. The molecule has 3 aromatic carbocycles. The molecule has 0 aliphatic carbocycles. The molecule has 39 heavy (non-hydrogen) atoms. The average molecular weight is 570 g/mol. The van der Waals surface area contributed by atoms with E-state index in [4.69, 9.17) is 42.4 Å². The molecule has 2 aliphatic rings. The van der Waals surface area contributed by atoms with Crippen LogP contribution in [0.25, 0.3) is 0 Å². The van der Waals surface area contributed by atoms with E-state index in [1.54, 1.807) is 35.3 Å². The Kier molecular flexibility index (Phi) is 7.74. The van der Waals surface area contributed by atoms with Crippen molar-refractivity contribution in [2.24, 2.45) is 4.99 Å². The number of hydrogen-bond donors (Lipinski definition) is 1. The molecule has 0 bridgehead atoms. The molecule has 0 spiro atoms. The van der Waals surface area contributed by atoms with E-state index in [1.807, 2.05) is 18.2 Å². The predicted octanol–water partition coefficient (Wildman–Crippen LogP) is 5.14. The quantitative estimate of drug-likeness (QED) is 0.455. The van der Waals surface area contributed by atoms with Crippen molar-refractivity contribution in [2.45, 2.75) is 0 Å². The van der Waals surface area contributed by atoms with E-state index in [0.29, 0.717) is 44.2 Å². The minimum absolute atomic E-state index is 0.319. The van der Waals surface area contributed by atoms with Crippen molar-refractivity contribution < 1.29 is 19.0 Å². The van der Waals surface area contributed by atoms with E-state index in [1.165, 1.54) is 21.3 Å². The molecule has 3 aromatic rings. The van der Waals surface area contributed by atoms with Gasteiger partial charge in [0.15, 0.2) is 11.5 Å². The van der Waals surface area contributed by atoms with E-state index < -0.39 is 0 Å². The highest BCUT2D eigenvalue weighted by Crippen LogP contribution is 2.42. The van der Waals surface area contributed by atoms with Crippen LogP contribution >= 0.6 is 23.2 Å². The number of rotatable bonds is 5. The summed E-state index contributed by atoms with van der Waals surface area (Å²) < 4.78 is 16.3. The Bertz CT molecular complexity index is 1410. The molecular weight excluding hydrogens is 541 g/mol. The smallest absolute Gasteiger partial charge is 0.270 e. The molecular formula is C28H29Cl2N5O4. The van der Waals surface area contributed by atoms with E-state index in [0.717, 1.165) is 43.3 Å². The fourth-order valence-electron chi connectivity index (χ4n) is 4.72. The second kappa shape index (κ2) is 11.2. The van der Waals surface area contributed by atoms with Crippen LogP contribution in [0.4, 0.5) is 17.1 Å². The summed E-state index contributed by atoms with van der Waals surface area (Å²) in [6.07, 6.45) is 0. The van der Waals surface area contributed by atoms with Crippen LogP contribution in [0.2, 0.25) is 10.0 Å². The van der Waals surface area contributed by atoms with Gasteiger partial charge in [-0.1, -0.05) is 23.2 Å². The van der Waals surface area contributed by atoms with E-state index in [9.17, 15) is 4.79 Å². The Hall–Kier alpha value is -3.66. The number of hydrazine groups is 1. The first-order valence-corrected chi connectivity index (χ1v) is 13.1. The predicted molar refractivity (Wildman–Crippen MR) is 154 cm³/mol. The molecule has 0 saturated carbocycles. The fourth-order valence-corrected chi connectivity index (χ4v) is 5.06. The molecule has 0 atom stereocenters. The number of anilines is 2. The van der Waals surface area contributed by atoms with Gasteiger partial charge in [0.25, 0.3) is 5.91 Å². The maximum Gasteiger partial charge on any atom is 0.270 e. The molecule has 2 aliphatic heterocycles. The van der Waals surface area contributed by atoms with Crippen molar-refractivity contribution in [3.05, 3.63) is 69.7 Å². The summed E-state index contributed by atoms with van der Waals surface area (Å²) in [7, 11) is 6.63. The lowest BCUT2D eigenvalue weighted by Crippen LogP contribution is -2.47. The van der Waals surface area contributed by atoms with Gasteiger partial charge in [-0.25, -0.2) is 4.99 Å². The first-order valence-electron chi connectivity index (χ1n) is 12.4. The largest absolute Gasteiger partial charge is 0.493 e. The third-order valence-electron chi connectivity index (χ3n) is 6.79. The molecule has 1 saturated heterocycles. The Labute approximate surface area is 237 Å². The van der Waals surface area contributed by atoms with Gasteiger partial charge in [-0.3, -0.25) is 15.2 Å². The summed E-state index contributed by atoms with van der Waals surface area (Å²) in [6, 6.07) is 14.1. The summed E-state index contributed by atoms with van der Waals surface area (Å²) >= 11 is 12.9. The van der Waals surface area contributed by atoms with Gasteiger partial charge >= 0.3 is 0 Å². The average Bonchev–Trinajstić information content (AvgIpc) is 3.06. The van der Waals surface area contributed by atoms with E-state index in [2.05, 4.69) is 22.3 Å². The van der Waals surface area contributed by atoms with Crippen molar-refractivity contribution in [2.75, 3.05) is 59.6 Å². The molecule has 1 N–H and O–H groups in total. The van der Waals surface area contributed by atoms with Crippen LogP contribution in [0, 0.1) is 0 Å². The zero-order chi connectivity index (χ0) is 27.7. The molecule has 9 nitrogen and oxygen atoms in total. The summed E-state index contributed by atoms with van der Waals surface area (Å²) in [5.41, 5.74) is 6.17. The molecule has 2 heterocycles. The van der Waals surface area contributed by atoms with Gasteiger partial charge < -0.3 is 24.0 Å². The summed E-state index contributed by atoms with van der Waals surface area (Å²) in [6.45, 7) is 3.40. The van der Waals surface area contributed by atoms with Crippen LogP contribution in [0.5, 0.6) is 17.2 Å². The number of carbonyl (C=O) groups excluding carboxylic acids is 1. The molecule has 5 rings (SSSR count). The SMILES string of the molecule is COc1cc(C(=O)NN2c3ccc(Cl)cc3N=C(N3CCN(C)CC3)c3cc(Cl)ccc32)cc(OC)c1OC. The number of nitrogens with one attached hydrogen (secondary N) is 1. The number of likely N-dealkylation sites (N-methyl/N-ethyl adjacent to an activating group) is 1. The number of methoxy groups -OCH3 is 3. The summed E-state index contributed by atoms with van der Waals surface area (Å²) in [5.74, 6) is 1.53. The lowest BCUT2D eigenvalue weighted by molar-refractivity contribution is 0.0953. The number of piperazine rings is 1. The van der Waals surface area contributed by atoms with Crippen LogP contribution in [0.15, 0.2) is 53.5 Å². The number of carbonyl (C=O) groups is 1. The first kappa shape index (κ1) is 26.9. The van der Waals surface area contributed by atoms with Gasteiger partial charge in [-0.05, 0) is 55.6 Å². The standard InChI is InChI=1S/C28H29Cl2N5O4/c1-33-9-11-34(12-10-33)27-20-15-18(29)5-7-22(20)35(23-8-6-19(30)16-21(23)31-27)32-28(36)17-13-24(37-2)26(39-4)25(14-17)38-3/h5-8,13-16H,9-12H2,1-4H3,(H,32,36). The normalized spacial score (nSPS) is 15.1. The highest BCUT2D eigenvalue weighted by molar-refractivity contribution is 6.32. The minimum Gasteiger partial charge on any atom is -0.493 e. The highest BCUT2D eigenvalue weighted by atomic mass is 35.5. The Balaban J connectivity index is 1.61. The molecule has 204 valence electrons. The van der Waals surface area contributed by atoms with Gasteiger partial charge in [0.2, 0.25) is 5.75 Å². The number of amidine groups is 1. The maximum atomic E-state index is 13.7. The number of aliphatic imine (C=N–C) groups is 1. The van der Waals surface area contributed by atoms with Gasteiger partial charge in [-0.15, -0.1) is 0 Å². The van der Waals surface area contributed by atoms with Gasteiger partial charge in [0.1, 0.15) is 5.84 Å². The number of fused-ring (bicyclic) bond motifs is 2. The third-order valence-corrected chi connectivity index (χ3v) is 7.26. The van der Waals surface area contributed by atoms with Crippen LogP contribution in [0.1, 0.15) is 15.9 Å². The van der Waals surface area contributed by atoms with Crippen LogP contribution in [-0.2, 0) is 0 Å². The van der Waals surface area contributed by atoms with Crippen LogP contribution < -0.4 is 24.6 Å². The van der Waals surface area contributed by atoms with Gasteiger partial charge in [-0.2, -0.15) is 0 Å². The number of halogens is 2. The summed E-state index contributed by atoms with van der Waals surface area (Å²) in [5, 5.41) is 2.82. The number of nitrogens with zero attached hydrogens (tertiary/aromatic N) is 4. The van der Waals surface area contributed by atoms with Crippen molar-refractivity contribution >= 4 is 52.0 Å². The van der Waals surface area contributed by atoms with Crippen molar-refractivity contribution in [3.8, 4) is 17.2 Å². The van der Waals surface area contributed by atoms with Crippen molar-refractivity contribution in [1.29, 1.82) is 0 Å². The first-order chi connectivity index (χ1) is 18.8. The number of benzene rings is 3. The van der Waals surface area contributed by atoms with Gasteiger partial charge in [0, 0.05) is 47.4 Å². The van der Waals surface area contributed by atoms with E-state index >= 15 is 0 Å². The number of ether oxygens (including phenoxy) is 3. The maximum absolute atomic E-state index is 13.7. The summed E-state index contributed by atoms with van der Waals surface area (Å²) in [4.78, 5) is 23.3. The molecule has 11 heteroatoms. The number of amides is 1. The second-order valence-corrected chi connectivity index (χ2v) is 10.1. The van der Waals surface area contributed by atoms with Crippen LogP contribution in [-0.4, -0.2) is 76.1 Å². The zero-order valence-electron chi connectivity index (χ0n) is 22.1.